The minimum Gasteiger partial charge on any atom is -0.463 e. The molecule has 0 radical (unpaired) electrons. The lowest BCUT2D eigenvalue weighted by molar-refractivity contribution is -0.146. The molecule has 16 nitrogen and oxygen atoms in total. The van der Waals surface area contributed by atoms with Gasteiger partial charge in [0, 0.05) is 50.2 Å². The zero-order valence-corrected chi connectivity index (χ0v) is 30.4. The minimum absolute atomic E-state index is 0.0350. The van der Waals surface area contributed by atoms with Crippen LogP contribution in [0.2, 0.25) is 0 Å². The molecule has 1 aliphatic heterocycles. The largest absolute Gasteiger partial charge is 0.463 e. The Kier molecular flexibility index (Phi) is 14.9. The lowest BCUT2D eigenvalue weighted by atomic mass is 9.98. The Morgan fingerprint density at radius 2 is 1.53 bits per heavy atom. The van der Waals surface area contributed by atoms with Gasteiger partial charge in [-0.05, 0) is 41.2 Å². The van der Waals surface area contributed by atoms with Crippen LogP contribution in [-0.4, -0.2) is 95.8 Å². The fourth-order valence-corrected chi connectivity index (χ4v) is 6.66. The van der Waals surface area contributed by atoms with Crippen LogP contribution in [0.15, 0.2) is 70.4 Å². The van der Waals surface area contributed by atoms with Gasteiger partial charge >= 0.3 is 17.8 Å². The molecule has 1 aromatic heterocycles. The summed E-state index contributed by atoms with van der Waals surface area (Å²) in [5, 5.41) is 26.9. The SMILES string of the molecule is O=C(/C=C/c1cn([C@H]2C[C@H](CO)[C@@H](CO)O2)c(=O)[nH]c1=O)NCCCCCCNC(=O)CC(=O)OCCNC(=O)OCC1c2ccccc2-c2ccccc21. The summed E-state index contributed by atoms with van der Waals surface area (Å²) in [6, 6.07) is 16.1. The Morgan fingerprint density at radius 1 is 0.855 bits per heavy atom. The topological polar surface area (TPSA) is 227 Å². The van der Waals surface area contributed by atoms with Gasteiger partial charge in [0.15, 0.2) is 0 Å². The van der Waals surface area contributed by atoms with Gasteiger partial charge in [0.1, 0.15) is 25.9 Å². The van der Waals surface area contributed by atoms with Gasteiger partial charge in [0.05, 0.1) is 24.8 Å². The van der Waals surface area contributed by atoms with Gasteiger partial charge in [0.25, 0.3) is 5.56 Å². The highest BCUT2D eigenvalue weighted by Gasteiger charge is 2.36. The van der Waals surface area contributed by atoms with Crippen LogP contribution in [-0.2, 0) is 28.6 Å². The van der Waals surface area contributed by atoms with Crippen LogP contribution < -0.4 is 27.2 Å². The summed E-state index contributed by atoms with van der Waals surface area (Å²) >= 11 is 0. The quantitative estimate of drug-likeness (QED) is 0.0446. The number of carbonyl (C=O) groups excluding carboxylic acids is 4. The van der Waals surface area contributed by atoms with E-state index in [0.717, 1.165) is 35.1 Å². The predicted molar refractivity (Wildman–Crippen MR) is 200 cm³/mol. The second kappa shape index (κ2) is 20.2. The summed E-state index contributed by atoms with van der Waals surface area (Å²) in [7, 11) is 0. The van der Waals surface area contributed by atoms with Gasteiger partial charge in [-0.15, -0.1) is 0 Å². The van der Waals surface area contributed by atoms with Gasteiger partial charge in [-0.3, -0.25) is 28.7 Å². The molecule has 2 aliphatic rings. The molecule has 0 bridgehead atoms. The first-order valence-corrected chi connectivity index (χ1v) is 18.4. The first-order valence-electron chi connectivity index (χ1n) is 18.4. The minimum atomic E-state index is -0.783. The Hall–Kier alpha value is -5.58. The third-order valence-electron chi connectivity index (χ3n) is 9.50. The summed E-state index contributed by atoms with van der Waals surface area (Å²) in [6.45, 7) is 0.304. The van der Waals surface area contributed by atoms with E-state index in [1.54, 1.807) is 0 Å². The molecule has 3 aromatic rings. The number of nitrogens with one attached hydrogen (secondary N) is 4. The van der Waals surface area contributed by atoms with Crippen molar-refractivity contribution in [2.24, 2.45) is 5.92 Å². The number of hydrogen-bond donors (Lipinski definition) is 6. The third kappa shape index (κ3) is 11.2. The zero-order chi connectivity index (χ0) is 39.2. The van der Waals surface area contributed by atoms with E-state index in [-0.39, 0.29) is 56.8 Å². The molecule has 6 N–H and O–H groups in total. The molecule has 0 unspecified atom stereocenters. The number of aliphatic hydroxyl groups excluding tert-OH is 2. The number of amides is 3. The number of rotatable bonds is 19. The molecular formula is C39H47N5O11. The van der Waals surface area contributed by atoms with E-state index in [4.69, 9.17) is 14.2 Å². The molecule has 2 heterocycles. The Bertz CT molecular complexity index is 1900. The lowest BCUT2D eigenvalue weighted by Gasteiger charge is -2.15. The second-order valence-electron chi connectivity index (χ2n) is 13.3. The molecule has 2 aromatic carbocycles. The molecule has 294 valence electrons. The summed E-state index contributed by atoms with van der Waals surface area (Å²) in [5.74, 6) is -2.04. The van der Waals surface area contributed by atoms with Gasteiger partial charge < -0.3 is 40.4 Å². The van der Waals surface area contributed by atoms with E-state index in [9.17, 15) is 39.0 Å². The van der Waals surface area contributed by atoms with Crippen LogP contribution in [0, 0.1) is 5.92 Å². The van der Waals surface area contributed by atoms with Crippen molar-refractivity contribution in [1.82, 2.24) is 25.5 Å². The maximum atomic E-state index is 12.3. The molecule has 3 atom stereocenters. The molecule has 55 heavy (non-hydrogen) atoms. The maximum absolute atomic E-state index is 12.3. The van der Waals surface area contributed by atoms with Gasteiger partial charge in [0.2, 0.25) is 11.8 Å². The number of ether oxygens (including phenoxy) is 3. The molecule has 1 saturated heterocycles. The first-order chi connectivity index (χ1) is 26.7. The molecule has 3 amide bonds. The third-order valence-corrected chi connectivity index (χ3v) is 9.50. The van der Waals surface area contributed by atoms with Crippen LogP contribution in [0.25, 0.3) is 17.2 Å². The van der Waals surface area contributed by atoms with Crippen LogP contribution in [0.5, 0.6) is 0 Å². The number of nitrogens with zero attached hydrogens (tertiary/aromatic N) is 1. The van der Waals surface area contributed by atoms with Crippen LogP contribution >= 0.6 is 0 Å². The Morgan fingerprint density at radius 3 is 2.18 bits per heavy atom. The van der Waals surface area contributed by atoms with Crippen LogP contribution in [0.4, 0.5) is 4.79 Å². The average Bonchev–Trinajstić information content (AvgIpc) is 3.75. The molecule has 0 saturated carbocycles. The summed E-state index contributed by atoms with van der Waals surface area (Å²) in [4.78, 5) is 75.5. The standard InChI is InChI=1S/C39H47N5O11/c45-22-26-19-35(55-32(26)23-46)44-21-25(37(50)43-38(44)51)13-14-33(47)40-15-7-1-2-8-16-41-34(48)20-36(49)53-18-17-42-39(52)54-24-31-29-11-5-3-9-27(29)28-10-4-6-12-30(28)31/h3-6,9-14,21,26,31-32,35,45-46H,1-2,7-8,15-20,22-24H2,(H,40,47)(H,41,48)(H,42,52)(H,43,50,51)/b14-13+/t26-,32-,35-/m1/s1. The van der Waals surface area contributed by atoms with Crippen molar-refractivity contribution in [2.45, 2.75) is 56.8 Å². The second-order valence-corrected chi connectivity index (χ2v) is 13.3. The normalized spacial score (nSPS) is 17.4. The molecule has 0 spiro atoms. The van der Waals surface area contributed by atoms with Crippen molar-refractivity contribution in [1.29, 1.82) is 0 Å². The van der Waals surface area contributed by atoms with E-state index in [1.165, 1.54) is 22.9 Å². The summed E-state index contributed by atoms with van der Waals surface area (Å²) in [6.07, 6.45) is 4.41. The number of aromatic nitrogens is 2. The van der Waals surface area contributed by atoms with Gasteiger partial charge in [-0.1, -0.05) is 61.4 Å². The highest BCUT2D eigenvalue weighted by atomic mass is 16.6. The zero-order valence-electron chi connectivity index (χ0n) is 30.4. The number of H-pyrrole nitrogens is 1. The van der Waals surface area contributed by atoms with Gasteiger partial charge in [-0.2, -0.15) is 0 Å². The molecule has 16 heteroatoms. The maximum Gasteiger partial charge on any atom is 0.407 e. The highest BCUT2D eigenvalue weighted by Crippen LogP contribution is 2.44. The number of hydrogen-bond acceptors (Lipinski definition) is 11. The number of fused-ring (bicyclic) bond motifs is 3. The van der Waals surface area contributed by atoms with Crippen LogP contribution in [0.3, 0.4) is 0 Å². The summed E-state index contributed by atoms with van der Waals surface area (Å²) < 4.78 is 17.3. The van der Waals surface area contributed by atoms with Crippen molar-refractivity contribution in [3.05, 3.63) is 98.3 Å². The fraction of sp³-hybridized carbons (Fsp3) is 0.436. The average molecular weight is 762 g/mol. The number of unbranched alkanes of at least 4 members (excludes halogenated alkanes) is 3. The van der Waals surface area contributed by atoms with Crippen molar-refractivity contribution >= 4 is 30.0 Å². The number of carbonyl (C=O) groups is 4. The number of aromatic amines is 1. The first kappa shape index (κ1) is 40.6. The van der Waals surface area contributed by atoms with E-state index < -0.39 is 53.9 Å². The van der Waals surface area contributed by atoms with Crippen molar-refractivity contribution in [3.63, 3.8) is 0 Å². The van der Waals surface area contributed by atoms with E-state index in [2.05, 4.69) is 33.1 Å². The van der Waals surface area contributed by atoms with Crippen molar-refractivity contribution in [2.75, 3.05) is 46.1 Å². The fourth-order valence-electron chi connectivity index (χ4n) is 6.66. The van der Waals surface area contributed by atoms with Crippen molar-refractivity contribution in [3.8, 4) is 11.1 Å². The Labute approximate surface area is 316 Å². The van der Waals surface area contributed by atoms with Crippen molar-refractivity contribution < 1.29 is 43.6 Å². The van der Waals surface area contributed by atoms with E-state index in [1.807, 2.05) is 36.4 Å². The van der Waals surface area contributed by atoms with Gasteiger partial charge in [-0.25, -0.2) is 9.59 Å². The summed E-state index contributed by atoms with van der Waals surface area (Å²) in [5.41, 5.74) is 3.14. The molecule has 1 aliphatic carbocycles. The number of esters is 1. The molecule has 1 fully saturated rings. The highest BCUT2D eigenvalue weighted by molar-refractivity contribution is 5.94. The monoisotopic (exact) mass is 761 g/mol. The van der Waals surface area contributed by atoms with Crippen LogP contribution in [0.1, 0.15) is 67.4 Å². The molecule has 5 rings (SSSR count). The number of aliphatic hydroxyl groups is 2. The molecular weight excluding hydrogens is 714 g/mol. The predicted octanol–water partition coefficient (Wildman–Crippen LogP) is 1.70. The Balaban J connectivity index is 0.879. The smallest absolute Gasteiger partial charge is 0.407 e. The number of benzene rings is 2. The number of alkyl carbamates (subject to hydrolysis) is 1. The lowest BCUT2D eigenvalue weighted by Crippen LogP contribution is -2.33. The van der Waals surface area contributed by atoms with E-state index in [0.29, 0.717) is 25.9 Å². The van der Waals surface area contributed by atoms with E-state index >= 15 is 0 Å².